The van der Waals surface area contributed by atoms with Crippen LogP contribution in [0.15, 0.2) is 24.3 Å². The second-order valence-electron chi connectivity index (χ2n) is 9.31. The maximum atomic E-state index is 14.5. The lowest BCUT2D eigenvalue weighted by Crippen LogP contribution is -2.50. The van der Waals surface area contributed by atoms with Crippen LogP contribution < -0.4 is 19.7 Å². The fourth-order valence-corrected chi connectivity index (χ4v) is 4.24. The molecule has 3 rings (SSSR count). The number of halogens is 1. The normalized spacial score (nSPS) is 14.2. The highest BCUT2D eigenvalue weighted by molar-refractivity contribution is 7.92. The van der Waals surface area contributed by atoms with Crippen molar-refractivity contribution in [2.45, 2.75) is 39.5 Å². The first-order valence-electron chi connectivity index (χ1n) is 10.8. The summed E-state index contributed by atoms with van der Waals surface area (Å²) < 4.78 is 45.3. The van der Waals surface area contributed by atoms with Gasteiger partial charge in [0, 0.05) is 24.1 Å². The van der Waals surface area contributed by atoms with Crippen molar-refractivity contribution in [3.63, 3.8) is 0 Å². The van der Waals surface area contributed by atoms with Crippen molar-refractivity contribution in [1.82, 2.24) is 5.32 Å². The summed E-state index contributed by atoms with van der Waals surface area (Å²) in [5.41, 5.74) is 1.84. The van der Waals surface area contributed by atoms with Gasteiger partial charge in [-0.15, -0.1) is 0 Å². The zero-order chi connectivity index (χ0) is 26.1. The van der Waals surface area contributed by atoms with Gasteiger partial charge in [0.2, 0.25) is 15.9 Å². The van der Waals surface area contributed by atoms with Gasteiger partial charge in [0.15, 0.2) is 0 Å². The summed E-state index contributed by atoms with van der Waals surface area (Å²) in [4.78, 5) is 26.1. The van der Waals surface area contributed by atoms with E-state index in [2.05, 4.69) is 21.9 Å². The molecule has 0 radical (unpaired) electrons. The Morgan fingerprint density at radius 2 is 1.77 bits per heavy atom. The number of aryl methyl sites for hydroxylation is 1. The van der Waals surface area contributed by atoms with E-state index in [1.165, 1.54) is 13.2 Å². The molecule has 0 bridgehead atoms. The van der Waals surface area contributed by atoms with E-state index >= 15 is 0 Å². The summed E-state index contributed by atoms with van der Waals surface area (Å²) in [6.07, 6.45) is 1.12. The smallest absolute Gasteiger partial charge is 0.328 e. The van der Waals surface area contributed by atoms with Crippen LogP contribution >= 0.6 is 0 Å². The van der Waals surface area contributed by atoms with Crippen LogP contribution in [0.25, 0.3) is 0 Å². The van der Waals surface area contributed by atoms with Gasteiger partial charge < -0.3 is 10.1 Å². The van der Waals surface area contributed by atoms with Crippen LogP contribution in [-0.4, -0.2) is 40.3 Å². The Morgan fingerprint density at radius 1 is 1.11 bits per heavy atom. The van der Waals surface area contributed by atoms with Gasteiger partial charge in [0.1, 0.15) is 11.6 Å². The molecular weight excluding hydrogens is 473 g/mol. The average Bonchev–Trinajstić information content (AvgIpc) is 2.73. The number of sulfonamides is 1. The highest BCUT2D eigenvalue weighted by Gasteiger charge is 2.30. The molecule has 2 N–H and O–H groups in total. The number of methoxy groups -OCH3 is 1. The SMILES string of the molecule is COc1c(C#Cc2cc(F)c(NS(C)(=O)=O)cc2C)cc(N2C(=O)CCNC2=O)cc1C(C)(C)C. The molecule has 186 valence electrons. The summed E-state index contributed by atoms with van der Waals surface area (Å²) in [5, 5.41) is 2.67. The third-order valence-corrected chi connectivity index (χ3v) is 5.94. The minimum absolute atomic E-state index is 0.167. The van der Waals surface area contributed by atoms with Crippen LogP contribution in [-0.2, 0) is 20.2 Å². The van der Waals surface area contributed by atoms with Crippen LogP contribution in [0.2, 0.25) is 0 Å². The largest absolute Gasteiger partial charge is 0.495 e. The number of nitrogens with zero attached hydrogens (tertiary/aromatic N) is 1. The molecule has 1 aliphatic heterocycles. The lowest BCUT2D eigenvalue weighted by atomic mass is 9.84. The highest BCUT2D eigenvalue weighted by atomic mass is 32.2. The van der Waals surface area contributed by atoms with Crippen molar-refractivity contribution in [3.8, 4) is 17.6 Å². The topological polar surface area (TPSA) is 105 Å². The van der Waals surface area contributed by atoms with E-state index in [9.17, 15) is 22.4 Å². The molecule has 0 saturated carbocycles. The van der Waals surface area contributed by atoms with Crippen LogP contribution in [0, 0.1) is 24.6 Å². The Hall–Kier alpha value is -3.58. The van der Waals surface area contributed by atoms with Crippen molar-refractivity contribution in [1.29, 1.82) is 0 Å². The molecular formula is C25H28FN3O5S. The molecule has 0 unspecified atom stereocenters. The number of hydrogen-bond donors (Lipinski definition) is 2. The average molecular weight is 502 g/mol. The Morgan fingerprint density at radius 3 is 2.34 bits per heavy atom. The number of nitrogens with one attached hydrogen (secondary N) is 2. The standard InChI is InChI=1S/C25H28FN3O5S/c1-15-11-21(28-35(6,32)33)20(26)13-16(15)7-8-17-12-18(29-22(30)9-10-27-24(29)31)14-19(23(17)34-5)25(2,3)4/h11-14,28H,9-10H2,1-6H3,(H,27,31). The Balaban J connectivity index is 2.16. The van der Waals surface area contributed by atoms with Gasteiger partial charge >= 0.3 is 6.03 Å². The van der Waals surface area contributed by atoms with E-state index < -0.39 is 27.3 Å². The summed E-state index contributed by atoms with van der Waals surface area (Å²) in [6.45, 7) is 7.87. The summed E-state index contributed by atoms with van der Waals surface area (Å²) >= 11 is 0. The fourth-order valence-electron chi connectivity index (χ4n) is 3.68. The molecule has 0 aliphatic carbocycles. The van der Waals surface area contributed by atoms with Gasteiger partial charge in [-0.2, -0.15) is 0 Å². The molecule has 10 heteroatoms. The molecule has 2 aromatic carbocycles. The molecule has 2 aromatic rings. The minimum atomic E-state index is -3.64. The number of carbonyl (C=O) groups excluding carboxylic acids is 2. The van der Waals surface area contributed by atoms with E-state index in [0.717, 1.165) is 22.8 Å². The molecule has 8 nitrogen and oxygen atoms in total. The third-order valence-electron chi connectivity index (χ3n) is 5.35. The van der Waals surface area contributed by atoms with Crippen molar-refractivity contribution in [3.05, 3.63) is 52.3 Å². The summed E-state index contributed by atoms with van der Waals surface area (Å²) in [6, 6.07) is 5.33. The first-order chi connectivity index (χ1) is 16.2. The van der Waals surface area contributed by atoms with Gasteiger partial charge in [-0.1, -0.05) is 32.6 Å². The summed E-state index contributed by atoms with van der Waals surface area (Å²) in [7, 11) is -2.14. The first kappa shape index (κ1) is 26.0. The van der Waals surface area contributed by atoms with Gasteiger partial charge in [-0.05, 0) is 42.2 Å². The molecule has 1 saturated heterocycles. The molecule has 0 atom stereocenters. The molecule has 3 amide bonds. The predicted octanol–water partition coefficient (Wildman–Crippen LogP) is 3.66. The van der Waals surface area contributed by atoms with E-state index in [1.54, 1.807) is 19.1 Å². The van der Waals surface area contributed by atoms with Crippen LogP contribution in [0.5, 0.6) is 5.75 Å². The number of rotatable bonds is 4. The lowest BCUT2D eigenvalue weighted by Gasteiger charge is -2.29. The molecule has 0 aromatic heterocycles. The second-order valence-corrected chi connectivity index (χ2v) is 11.1. The zero-order valence-electron chi connectivity index (χ0n) is 20.5. The molecule has 1 fully saturated rings. The van der Waals surface area contributed by atoms with Crippen molar-refractivity contribution in [2.24, 2.45) is 0 Å². The zero-order valence-corrected chi connectivity index (χ0v) is 21.3. The van der Waals surface area contributed by atoms with Crippen LogP contribution in [0.1, 0.15) is 49.4 Å². The lowest BCUT2D eigenvalue weighted by molar-refractivity contribution is -0.118. The van der Waals surface area contributed by atoms with Gasteiger partial charge in [0.25, 0.3) is 0 Å². The molecule has 1 aliphatic rings. The van der Waals surface area contributed by atoms with Crippen LogP contribution in [0.3, 0.4) is 0 Å². The Bertz CT molecular complexity index is 1350. The van der Waals surface area contributed by atoms with E-state index in [4.69, 9.17) is 4.74 Å². The van der Waals surface area contributed by atoms with E-state index in [0.29, 0.717) is 28.1 Å². The third kappa shape index (κ3) is 5.92. The van der Waals surface area contributed by atoms with Crippen molar-refractivity contribution >= 4 is 33.3 Å². The number of carbonyl (C=O) groups is 2. The number of anilines is 2. The number of ether oxygens (including phenoxy) is 1. The van der Waals surface area contributed by atoms with Crippen molar-refractivity contribution in [2.75, 3.05) is 29.5 Å². The maximum absolute atomic E-state index is 14.5. The van der Waals surface area contributed by atoms with Gasteiger partial charge in [0.05, 0.1) is 30.3 Å². The quantitative estimate of drug-likeness (QED) is 0.623. The van der Waals surface area contributed by atoms with Gasteiger partial charge in [-0.3, -0.25) is 9.52 Å². The summed E-state index contributed by atoms with van der Waals surface area (Å²) in [5.74, 6) is 5.29. The van der Waals surface area contributed by atoms with E-state index in [1.807, 2.05) is 20.8 Å². The van der Waals surface area contributed by atoms with E-state index in [-0.39, 0.29) is 24.6 Å². The monoisotopic (exact) mass is 501 g/mol. The highest BCUT2D eigenvalue weighted by Crippen LogP contribution is 2.38. The maximum Gasteiger partial charge on any atom is 0.328 e. The van der Waals surface area contributed by atoms with Crippen LogP contribution in [0.4, 0.5) is 20.6 Å². The first-order valence-corrected chi connectivity index (χ1v) is 12.7. The number of urea groups is 1. The number of imide groups is 1. The molecule has 1 heterocycles. The number of hydrogen-bond acceptors (Lipinski definition) is 5. The Labute approximate surface area is 204 Å². The minimum Gasteiger partial charge on any atom is -0.495 e. The number of amides is 3. The van der Waals surface area contributed by atoms with Crippen molar-refractivity contribution < 1.29 is 27.1 Å². The fraction of sp³-hybridized carbons (Fsp3) is 0.360. The second kappa shape index (κ2) is 9.58. The van der Waals surface area contributed by atoms with Gasteiger partial charge in [-0.25, -0.2) is 22.5 Å². The molecule has 0 spiro atoms. The number of benzene rings is 2. The molecule has 35 heavy (non-hydrogen) atoms. The predicted molar refractivity (Wildman–Crippen MR) is 133 cm³/mol. The Kier molecular flexibility index (Phi) is 7.13.